The fourth-order valence-corrected chi connectivity index (χ4v) is 13.5. The van der Waals surface area contributed by atoms with Gasteiger partial charge in [0.05, 0.1) is 16.5 Å². The van der Waals surface area contributed by atoms with Crippen molar-refractivity contribution >= 4 is 38.6 Å². The molecule has 2 heterocycles. The topological polar surface area (TPSA) is 21.7 Å². The second-order valence-electron chi connectivity index (χ2n) is 19.8. The number of hydrogen-bond donors (Lipinski definition) is 0. The minimum absolute atomic E-state index is 0.572. The van der Waals surface area contributed by atoms with E-state index in [9.17, 15) is 0 Å². The first-order valence-corrected chi connectivity index (χ1v) is 25.2. The summed E-state index contributed by atoms with van der Waals surface area (Å²) < 4.78 is 13.4. The van der Waals surface area contributed by atoms with Crippen molar-refractivity contribution in [1.29, 1.82) is 0 Å². The Kier molecular flexibility index (Phi) is 8.30. The summed E-state index contributed by atoms with van der Waals surface area (Å²) in [7, 11) is 0. The Balaban J connectivity index is 0.940. The van der Waals surface area contributed by atoms with Crippen molar-refractivity contribution in [3.05, 3.63) is 305 Å². The molecule has 0 radical (unpaired) electrons. The van der Waals surface area contributed by atoms with Crippen LogP contribution in [0.4, 0.5) is 17.1 Å². The molecule has 0 atom stereocenters. The van der Waals surface area contributed by atoms with E-state index in [0.717, 1.165) is 62.3 Å². The lowest BCUT2D eigenvalue weighted by Crippen LogP contribution is -2.32. The molecule has 0 saturated heterocycles. The number of rotatable bonds is 4. The monoisotopic (exact) mass is 929 g/mol. The lowest BCUT2D eigenvalue weighted by Gasteiger charge is -2.39. The number of ether oxygens (including phenoxy) is 2. The van der Waals surface area contributed by atoms with Gasteiger partial charge in [0.1, 0.15) is 23.0 Å². The third-order valence-electron chi connectivity index (χ3n) is 16.4. The first kappa shape index (κ1) is 40.3. The van der Waals surface area contributed by atoms with Gasteiger partial charge in [0.25, 0.3) is 0 Å². The van der Waals surface area contributed by atoms with E-state index in [2.05, 4.69) is 266 Å². The van der Waals surface area contributed by atoms with Gasteiger partial charge < -0.3 is 14.4 Å². The van der Waals surface area contributed by atoms with Gasteiger partial charge in [0.15, 0.2) is 0 Å². The first-order chi connectivity index (χ1) is 36.2. The number of nitrogens with zero attached hydrogens (tertiary/aromatic N) is 1. The molecule has 0 N–H and O–H groups in total. The highest BCUT2D eigenvalue weighted by molar-refractivity contribution is 6.08. The third kappa shape index (κ3) is 5.38. The molecule has 0 saturated carbocycles. The van der Waals surface area contributed by atoms with Crippen molar-refractivity contribution in [1.82, 2.24) is 0 Å². The summed E-state index contributed by atoms with van der Waals surface area (Å²) in [5.74, 6) is 3.54. The van der Waals surface area contributed by atoms with Crippen molar-refractivity contribution in [2.24, 2.45) is 0 Å². The molecule has 0 fully saturated rings. The predicted octanol–water partition coefficient (Wildman–Crippen LogP) is 18.1. The average molecular weight is 930 g/mol. The Bertz CT molecular complexity index is 4210. The van der Waals surface area contributed by atoms with Crippen LogP contribution >= 0.6 is 0 Å². The van der Waals surface area contributed by atoms with Crippen molar-refractivity contribution < 1.29 is 9.47 Å². The highest BCUT2D eigenvalue weighted by Crippen LogP contribution is 2.66. The predicted molar refractivity (Wildman–Crippen MR) is 296 cm³/mol. The molecule has 73 heavy (non-hydrogen) atoms. The first-order valence-electron chi connectivity index (χ1n) is 25.2. The molecule has 0 aromatic heterocycles. The van der Waals surface area contributed by atoms with Crippen molar-refractivity contribution in [2.75, 3.05) is 4.90 Å². The Morgan fingerprint density at radius 2 is 0.740 bits per heavy atom. The molecule has 16 rings (SSSR count). The van der Waals surface area contributed by atoms with E-state index < -0.39 is 10.8 Å². The quantitative estimate of drug-likeness (QED) is 0.164. The van der Waals surface area contributed by atoms with Crippen LogP contribution in [0.1, 0.15) is 44.5 Å². The van der Waals surface area contributed by atoms with Crippen LogP contribution < -0.4 is 14.4 Å². The zero-order chi connectivity index (χ0) is 47.8. The van der Waals surface area contributed by atoms with E-state index in [4.69, 9.17) is 9.47 Å². The number of benzene rings is 12. The minimum Gasteiger partial charge on any atom is -0.457 e. The van der Waals surface area contributed by atoms with Gasteiger partial charge in [0, 0.05) is 39.2 Å². The Morgan fingerprint density at radius 3 is 1.40 bits per heavy atom. The van der Waals surface area contributed by atoms with E-state index in [1.54, 1.807) is 0 Å². The molecule has 2 aliphatic carbocycles. The van der Waals surface area contributed by atoms with Crippen LogP contribution in [0.2, 0.25) is 0 Å². The van der Waals surface area contributed by atoms with E-state index >= 15 is 0 Å². The lowest BCUT2D eigenvalue weighted by atomic mass is 9.66. The SMILES string of the molecule is c1ccc2c(c1)Oc1ccccc1C21c2ccccc2-c2cc(N(c3ccc(-c4ccc5c(ccc6ccccc65)c4)cc3)c3cccc4c3-c3ccccc3C43c4ccccc4Oc4ccccc43)ccc21. The molecule has 0 amide bonds. The molecule has 3 nitrogen and oxygen atoms in total. The van der Waals surface area contributed by atoms with Gasteiger partial charge in [-0.2, -0.15) is 0 Å². The standard InChI is InChI=1S/C70H43NO2/c1-2-17-50-45(16-1)32-33-47-42-46(36-40-51(47)50)44-34-37-48(38-35-44)71(49-39-41-57-54(43-49)52-18-3-5-20-55(52)69(57)58-22-7-11-28-64(58)72-65-29-12-8-23-59(65)69)63-27-15-26-62-68(63)53-19-4-6-21-56(53)70(62)60-24-9-13-30-66(60)73-67-31-14-10-25-61(67)70/h1-43H. The number of para-hydroxylation sites is 4. The maximum absolute atomic E-state index is 6.75. The van der Waals surface area contributed by atoms with E-state index in [-0.39, 0.29) is 0 Å². The maximum Gasteiger partial charge on any atom is 0.132 e. The largest absolute Gasteiger partial charge is 0.457 e. The smallest absolute Gasteiger partial charge is 0.132 e. The van der Waals surface area contributed by atoms with Crippen LogP contribution in [0.5, 0.6) is 23.0 Å². The highest BCUT2D eigenvalue weighted by atomic mass is 16.5. The van der Waals surface area contributed by atoms with Crippen LogP contribution in [0.15, 0.2) is 261 Å². The van der Waals surface area contributed by atoms with Gasteiger partial charge in [0.2, 0.25) is 0 Å². The lowest BCUT2D eigenvalue weighted by molar-refractivity contribution is 0.436. The van der Waals surface area contributed by atoms with E-state index in [1.165, 1.54) is 77.2 Å². The summed E-state index contributed by atoms with van der Waals surface area (Å²) in [5, 5.41) is 5.03. The summed E-state index contributed by atoms with van der Waals surface area (Å²) in [4.78, 5) is 2.50. The van der Waals surface area contributed by atoms with E-state index in [0.29, 0.717) is 0 Å². The van der Waals surface area contributed by atoms with Crippen molar-refractivity contribution in [2.45, 2.75) is 10.8 Å². The molecular weight excluding hydrogens is 887 g/mol. The molecule has 2 spiro atoms. The molecule has 0 unspecified atom stereocenters. The maximum atomic E-state index is 6.75. The van der Waals surface area contributed by atoms with Crippen LogP contribution in [0, 0.1) is 0 Å². The van der Waals surface area contributed by atoms with Gasteiger partial charge in [-0.05, 0) is 132 Å². The van der Waals surface area contributed by atoms with Gasteiger partial charge in [-0.25, -0.2) is 0 Å². The summed E-state index contributed by atoms with van der Waals surface area (Å²) >= 11 is 0. The van der Waals surface area contributed by atoms with Gasteiger partial charge in [-0.1, -0.05) is 200 Å². The average Bonchev–Trinajstić information content (AvgIpc) is 3.91. The van der Waals surface area contributed by atoms with Crippen LogP contribution in [-0.2, 0) is 10.8 Å². The Morgan fingerprint density at radius 1 is 0.274 bits per heavy atom. The summed E-state index contributed by atoms with van der Waals surface area (Å²) in [6.45, 7) is 0. The Labute approximate surface area is 423 Å². The minimum atomic E-state index is -0.614. The molecule has 12 aromatic rings. The summed E-state index contributed by atoms with van der Waals surface area (Å²) in [6, 6.07) is 95.8. The second kappa shape index (κ2) is 15.0. The van der Waals surface area contributed by atoms with Gasteiger partial charge >= 0.3 is 0 Å². The molecule has 0 bridgehead atoms. The normalized spacial score (nSPS) is 14.2. The molecular formula is C70H43NO2. The second-order valence-corrected chi connectivity index (χ2v) is 19.8. The molecule has 3 heteroatoms. The molecule has 340 valence electrons. The number of hydrogen-bond acceptors (Lipinski definition) is 3. The molecule has 4 aliphatic rings. The zero-order valence-electron chi connectivity index (χ0n) is 39.6. The van der Waals surface area contributed by atoms with Crippen LogP contribution in [0.3, 0.4) is 0 Å². The van der Waals surface area contributed by atoms with Crippen LogP contribution in [-0.4, -0.2) is 0 Å². The molecule has 12 aromatic carbocycles. The van der Waals surface area contributed by atoms with E-state index in [1.807, 2.05) is 0 Å². The van der Waals surface area contributed by atoms with Gasteiger partial charge in [-0.3, -0.25) is 0 Å². The third-order valence-corrected chi connectivity index (χ3v) is 16.4. The fourth-order valence-electron chi connectivity index (χ4n) is 13.5. The fraction of sp³-hybridized carbons (Fsp3) is 0.0286. The van der Waals surface area contributed by atoms with Crippen LogP contribution in [0.25, 0.3) is 54.9 Å². The molecule has 2 aliphatic heterocycles. The number of fused-ring (bicyclic) bond motifs is 21. The van der Waals surface area contributed by atoms with Gasteiger partial charge in [-0.15, -0.1) is 0 Å². The van der Waals surface area contributed by atoms with Crippen molar-refractivity contribution in [3.63, 3.8) is 0 Å². The van der Waals surface area contributed by atoms with Crippen molar-refractivity contribution in [3.8, 4) is 56.4 Å². The highest BCUT2D eigenvalue weighted by Gasteiger charge is 2.53. The summed E-state index contributed by atoms with van der Waals surface area (Å²) in [5.41, 5.74) is 18.9. The summed E-state index contributed by atoms with van der Waals surface area (Å²) in [6.07, 6.45) is 0. The Hall–Kier alpha value is -9.44. The number of anilines is 3. The zero-order valence-corrected chi connectivity index (χ0v) is 39.6.